The summed E-state index contributed by atoms with van der Waals surface area (Å²) in [7, 11) is -4.04. The van der Waals surface area contributed by atoms with Gasteiger partial charge in [-0.05, 0) is 56.2 Å². The molecule has 1 amide bonds. The van der Waals surface area contributed by atoms with Gasteiger partial charge in [0.1, 0.15) is 11.5 Å². The Labute approximate surface area is 254 Å². The van der Waals surface area contributed by atoms with Gasteiger partial charge in [-0.25, -0.2) is 22.2 Å². The van der Waals surface area contributed by atoms with Gasteiger partial charge < -0.3 is 19.9 Å². The molecular weight excluding hydrogens is 594 g/mol. The molecule has 44 heavy (non-hydrogen) atoms. The van der Waals surface area contributed by atoms with E-state index in [-0.39, 0.29) is 38.2 Å². The van der Waals surface area contributed by atoms with Gasteiger partial charge in [0, 0.05) is 69.2 Å². The summed E-state index contributed by atoms with van der Waals surface area (Å²) in [6.45, 7) is 3.47. The molecule has 2 saturated heterocycles. The van der Waals surface area contributed by atoms with Crippen molar-refractivity contribution in [3.05, 3.63) is 48.3 Å². The highest BCUT2D eigenvalue weighted by atomic mass is 32.2. The first-order chi connectivity index (χ1) is 20.9. The highest BCUT2D eigenvalue weighted by Gasteiger charge is 2.44. The fraction of sp³-hybridized carbons (Fsp3) is 0.500. The molecule has 1 aromatic carbocycles. The van der Waals surface area contributed by atoms with Crippen molar-refractivity contribution in [1.29, 1.82) is 0 Å². The molecule has 11 nitrogen and oxygen atoms in total. The number of hydrogen-bond donors (Lipinski definition) is 2. The van der Waals surface area contributed by atoms with E-state index in [1.165, 1.54) is 18.9 Å². The van der Waals surface area contributed by atoms with Gasteiger partial charge in [0.05, 0.1) is 23.5 Å². The molecule has 0 bridgehead atoms. The van der Waals surface area contributed by atoms with Crippen LogP contribution in [0.3, 0.4) is 0 Å². The van der Waals surface area contributed by atoms with Crippen molar-refractivity contribution in [2.75, 3.05) is 58.4 Å². The average Bonchev–Trinajstić information content (AvgIpc) is 3.54. The number of esters is 1. The lowest BCUT2D eigenvalue weighted by Crippen LogP contribution is -2.40. The second-order valence-corrected chi connectivity index (χ2v) is 13.7. The van der Waals surface area contributed by atoms with Gasteiger partial charge in [-0.3, -0.25) is 18.7 Å². The Morgan fingerprint density at radius 3 is 2.34 bits per heavy atom. The number of carbonyl (C=O) groups excluding carboxylic acids is 2. The molecule has 1 aliphatic carbocycles. The summed E-state index contributed by atoms with van der Waals surface area (Å²) in [6.07, 6.45) is 7.25. The van der Waals surface area contributed by atoms with Gasteiger partial charge in [0.25, 0.3) is 11.8 Å². The van der Waals surface area contributed by atoms with Crippen LogP contribution in [-0.2, 0) is 19.6 Å². The van der Waals surface area contributed by atoms with E-state index >= 15 is 0 Å². The summed E-state index contributed by atoms with van der Waals surface area (Å²) in [5.74, 6) is -4.12. The largest absolute Gasteiger partial charge is 0.465 e. The Morgan fingerprint density at radius 1 is 0.955 bits per heavy atom. The Balaban J connectivity index is 1.27. The molecule has 3 aromatic rings. The lowest BCUT2D eigenvalue weighted by molar-refractivity contribution is -0.139. The molecule has 6 rings (SSSR count). The minimum absolute atomic E-state index is 0.0712. The Hall–Kier alpha value is -3.94. The number of sulfonamides is 1. The van der Waals surface area contributed by atoms with Crippen LogP contribution < -0.4 is 19.8 Å². The number of carbonyl (C=O) groups is 2. The average molecular weight is 631 g/mol. The number of piperidine rings is 2. The number of hydrogen-bond acceptors (Lipinski definition) is 8. The van der Waals surface area contributed by atoms with Crippen molar-refractivity contribution >= 4 is 50.4 Å². The molecule has 2 aromatic heterocycles. The maximum absolute atomic E-state index is 13.9. The van der Waals surface area contributed by atoms with Crippen molar-refractivity contribution in [2.24, 2.45) is 5.41 Å². The zero-order chi connectivity index (χ0) is 31.1. The predicted molar refractivity (Wildman–Crippen MR) is 163 cm³/mol. The second kappa shape index (κ2) is 11.5. The van der Waals surface area contributed by atoms with Crippen molar-refractivity contribution in [1.82, 2.24) is 9.38 Å². The fourth-order valence-corrected chi connectivity index (χ4v) is 7.05. The summed E-state index contributed by atoms with van der Waals surface area (Å²) < 4.78 is 62.1. The number of benzene rings is 1. The summed E-state index contributed by atoms with van der Waals surface area (Å²) in [5, 5.41) is 2.96. The topological polar surface area (TPSA) is 125 Å². The first-order valence-electron chi connectivity index (χ1n) is 14.9. The van der Waals surface area contributed by atoms with Gasteiger partial charge in [-0.15, -0.1) is 0 Å². The molecule has 4 heterocycles. The molecule has 1 saturated carbocycles. The molecule has 2 N–H and O–H groups in total. The summed E-state index contributed by atoms with van der Waals surface area (Å²) in [6, 6.07) is 8.15. The van der Waals surface area contributed by atoms with Gasteiger partial charge in [0.2, 0.25) is 10.0 Å². The number of pyridine rings is 1. The van der Waals surface area contributed by atoms with Gasteiger partial charge >= 0.3 is 5.97 Å². The van der Waals surface area contributed by atoms with Crippen molar-refractivity contribution < 1.29 is 31.5 Å². The van der Waals surface area contributed by atoms with Crippen LogP contribution in [-0.4, -0.2) is 74.1 Å². The summed E-state index contributed by atoms with van der Waals surface area (Å²) in [4.78, 5) is 33.9. The second-order valence-electron chi connectivity index (χ2n) is 11.9. The van der Waals surface area contributed by atoms with Crippen LogP contribution in [0.5, 0.6) is 0 Å². The van der Waals surface area contributed by atoms with E-state index in [1.54, 1.807) is 43.6 Å². The SMILES string of the molecule is CCOC(=O)CS(=O)(=O)Nc1ccc(C(=O)Nc2cc(N3CCC(F)(F)CC3)n3ccnc3c2)c(N2CCC3(CC2)CC3)c1. The zero-order valence-electron chi connectivity index (χ0n) is 24.5. The molecule has 3 aliphatic rings. The molecular formula is C30H36F2N6O5S. The van der Waals surface area contributed by atoms with Crippen LogP contribution in [0, 0.1) is 5.41 Å². The summed E-state index contributed by atoms with van der Waals surface area (Å²) in [5.41, 5.74) is 2.57. The molecule has 0 unspecified atom stereocenters. The van der Waals surface area contributed by atoms with Crippen molar-refractivity contribution in [3.8, 4) is 0 Å². The Kier molecular flexibility index (Phi) is 7.89. The number of aromatic nitrogens is 2. The number of amides is 1. The molecule has 0 atom stereocenters. The van der Waals surface area contributed by atoms with Crippen molar-refractivity contribution in [3.63, 3.8) is 0 Å². The zero-order valence-corrected chi connectivity index (χ0v) is 25.3. The standard InChI is InChI=1S/C30H36F2N6O5S/c1-2-43-27(39)20-44(41,42)35-21-3-4-23(24(17-21)36-12-7-29(5-6-29)8-13-36)28(40)34-22-18-25-33-11-16-38(25)26(19-22)37-14-9-30(31,32)10-15-37/h3-4,11,16-19,35H,2,5-10,12-15,20H2,1H3,(H,34,40). The Bertz CT molecular complexity index is 1670. The number of ether oxygens (including phenoxy) is 1. The predicted octanol–water partition coefficient (Wildman–Crippen LogP) is 4.51. The molecule has 0 radical (unpaired) electrons. The van der Waals surface area contributed by atoms with Crippen LogP contribution in [0.25, 0.3) is 5.65 Å². The number of rotatable bonds is 9. The van der Waals surface area contributed by atoms with E-state index in [2.05, 4.69) is 19.9 Å². The number of fused-ring (bicyclic) bond motifs is 1. The van der Waals surface area contributed by atoms with E-state index in [4.69, 9.17) is 4.74 Å². The van der Waals surface area contributed by atoms with Crippen LogP contribution >= 0.6 is 0 Å². The maximum Gasteiger partial charge on any atom is 0.323 e. The number of anilines is 4. The van der Waals surface area contributed by atoms with Gasteiger partial charge in [0.15, 0.2) is 5.75 Å². The van der Waals surface area contributed by atoms with Crippen LogP contribution in [0.2, 0.25) is 0 Å². The van der Waals surface area contributed by atoms with Crippen molar-refractivity contribution in [2.45, 2.75) is 51.4 Å². The third kappa shape index (κ3) is 6.59. The number of nitrogens with zero attached hydrogens (tertiary/aromatic N) is 4. The summed E-state index contributed by atoms with van der Waals surface area (Å²) >= 11 is 0. The van der Waals surface area contributed by atoms with Crippen LogP contribution in [0.15, 0.2) is 42.7 Å². The number of imidazole rings is 1. The van der Waals surface area contributed by atoms with E-state index < -0.39 is 33.6 Å². The lowest BCUT2D eigenvalue weighted by atomic mass is 9.93. The monoisotopic (exact) mass is 630 g/mol. The third-order valence-corrected chi connectivity index (χ3v) is 9.98. The minimum atomic E-state index is -4.04. The Morgan fingerprint density at radius 2 is 1.66 bits per heavy atom. The van der Waals surface area contributed by atoms with E-state index in [0.29, 0.717) is 33.8 Å². The molecule has 14 heteroatoms. The highest BCUT2D eigenvalue weighted by Crippen LogP contribution is 2.54. The molecule has 3 fully saturated rings. The molecule has 1 spiro atoms. The first-order valence-corrected chi connectivity index (χ1v) is 16.6. The molecule has 236 valence electrons. The normalized spacial score (nSPS) is 19.2. The number of halogens is 2. The van der Waals surface area contributed by atoms with Crippen LogP contribution in [0.4, 0.5) is 31.7 Å². The highest BCUT2D eigenvalue weighted by molar-refractivity contribution is 7.93. The minimum Gasteiger partial charge on any atom is -0.465 e. The third-order valence-electron chi connectivity index (χ3n) is 8.81. The lowest BCUT2D eigenvalue weighted by Gasteiger charge is -2.35. The van der Waals surface area contributed by atoms with Gasteiger partial charge in [-0.1, -0.05) is 0 Å². The fourth-order valence-electron chi connectivity index (χ4n) is 6.10. The molecule has 2 aliphatic heterocycles. The first kappa shape index (κ1) is 30.1. The van der Waals surface area contributed by atoms with Crippen LogP contribution in [0.1, 0.15) is 55.8 Å². The van der Waals surface area contributed by atoms with E-state index in [9.17, 15) is 26.8 Å². The number of nitrogens with one attached hydrogen (secondary N) is 2. The quantitative estimate of drug-likeness (QED) is 0.331. The number of alkyl halides is 2. The smallest absolute Gasteiger partial charge is 0.323 e. The maximum atomic E-state index is 13.9. The van der Waals surface area contributed by atoms with E-state index in [1.807, 2.05) is 9.30 Å². The van der Waals surface area contributed by atoms with Gasteiger partial charge in [-0.2, -0.15) is 0 Å². The van der Waals surface area contributed by atoms with E-state index in [0.717, 1.165) is 25.9 Å².